The molecule has 0 spiro atoms. The highest BCUT2D eigenvalue weighted by molar-refractivity contribution is 9.10. The van der Waals surface area contributed by atoms with Crippen molar-refractivity contribution in [3.63, 3.8) is 0 Å². The van der Waals surface area contributed by atoms with E-state index in [1.54, 1.807) is 79.9 Å². The summed E-state index contributed by atoms with van der Waals surface area (Å²) in [7, 11) is 1.55. The number of carbonyl (C=O) groups excluding carboxylic acids is 3. The van der Waals surface area contributed by atoms with Gasteiger partial charge < -0.3 is 19.2 Å². The average molecular weight is 562 g/mol. The predicted molar refractivity (Wildman–Crippen MR) is 140 cm³/mol. The molecule has 0 aliphatic rings. The van der Waals surface area contributed by atoms with Gasteiger partial charge in [-0.05, 0) is 78.9 Å². The summed E-state index contributed by atoms with van der Waals surface area (Å²) in [4.78, 5) is 37.1. The van der Waals surface area contributed by atoms with E-state index in [1.165, 1.54) is 18.5 Å². The van der Waals surface area contributed by atoms with Gasteiger partial charge in [0.05, 0.1) is 19.6 Å². The minimum Gasteiger partial charge on any atom is -0.497 e. The number of ether oxygens (including phenoxy) is 2. The van der Waals surface area contributed by atoms with Gasteiger partial charge in [0, 0.05) is 26.9 Å². The zero-order valence-electron chi connectivity index (χ0n) is 19.4. The molecule has 2 amide bonds. The second-order valence-corrected chi connectivity index (χ2v) is 8.42. The summed E-state index contributed by atoms with van der Waals surface area (Å²) in [5, 5.41) is 6.74. The van der Waals surface area contributed by atoms with Gasteiger partial charge in [-0.2, -0.15) is 5.10 Å². The Kier molecular flexibility index (Phi) is 8.11. The average Bonchev–Trinajstić information content (AvgIpc) is 3.46. The first-order valence-electron chi connectivity index (χ1n) is 10.9. The van der Waals surface area contributed by atoms with Crippen LogP contribution in [0, 0.1) is 0 Å². The molecule has 0 unspecified atom stereocenters. The third-order valence-corrected chi connectivity index (χ3v) is 5.52. The van der Waals surface area contributed by atoms with Gasteiger partial charge in [0.2, 0.25) is 5.76 Å². The zero-order valence-corrected chi connectivity index (χ0v) is 21.0. The molecule has 0 fully saturated rings. The first kappa shape index (κ1) is 25.4. The lowest BCUT2D eigenvalue weighted by atomic mass is 10.1. The Morgan fingerprint density at radius 3 is 2.30 bits per heavy atom. The van der Waals surface area contributed by atoms with Crippen LogP contribution in [0.2, 0.25) is 0 Å². The molecular formula is C27H20BrN3O6. The number of carbonyl (C=O) groups is 3. The number of benzene rings is 3. The molecule has 4 aromatic rings. The molecule has 0 aliphatic heterocycles. The van der Waals surface area contributed by atoms with E-state index in [0.29, 0.717) is 28.1 Å². The Hall–Kier alpha value is -4.70. The number of nitrogens with one attached hydrogen (secondary N) is 2. The van der Waals surface area contributed by atoms with Crippen molar-refractivity contribution < 1.29 is 28.3 Å². The smallest absolute Gasteiger partial charge is 0.379 e. The third-order valence-electron chi connectivity index (χ3n) is 5.02. The summed E-state index contributed by atoms with van der Waals surface area (Å²) in [6, 6.07) is 21.1. The Morgan fingerprint density at radius 1 is 0.919 bits per heavy atom. The van der Waals surface area contributed by atoms with Crippen molar-refractivity contribution in [2.75, 3.05) is 12.4 Å². The van der Waals surface area contributed by atoms with Gasteiger partial charge in [0.25, 0.3) is 11.8 Å². The highest BCUT2D eigenvalue weighted by Gasteiger charge is 2.14. The summed E-state index contributed by atoms with van der Waals surface area (Å²) in [6.45, 7) is 0. The van der Waals surface area contributed by atoms with Crippen LogP contribution in [0.25, 0.3) is 0 Å². The third kappa shape index (κ3) is 6.71. The molecule has 0 saturated carbocycles. The van der Waals surface area contributed by atoms with Crippen LogP contribution in [-0.4, -0.2) is 31.1 Å². The number of amides is 2. The number of hydrogen-bond donors (Lipinski definition) is 2. The van der Waals surface area contributed by atoms with E-state index >= 15 is 0 Å². The van der Waals surface area contributed by atoms with Crippen molar-refractivity contribution in [3.8, 4) is 11.5 Å². The van der Waals surface area contributed by atoms with Gasteiger partial charge in [-0.25, -0.2) is 10.2 Å². The van der Waals surface area contributed by atoms with Gasteiger partial charge in [-0.3, -0.25) is 9.59 Å². The lowest BCUT2D eigenvalue weighted by Gasteiger charge is -2.08. The van der Waals surface area contributed by atoms with Gasteiger partial charge in [-0.15, -0.1) is 0 Å². The van der Waals surface area contributed by atoms with E-state index in [9.17, 15) is 14.4 Å². The molecule has 4 rings (SSSR count). The number of esters is 1. The van der Waals surface area contributed by atoms with E-state index in [1.807, 2.05) is 0 Å². The van der Waals surface area contributed by atoms with Crippen LogP contribution in [0.15, 0.2) is 99.1 Å². The van der Waals surface area contributed by atoms with E-state index in [2.05, 4.69) is 31.8 Å². The van der Waals surface area contributed by atoms with Crippen molar-refractivity contribution in [1.82, 2.24) is 5.43 Å². The maximum atomic E-state index is 12.5. The topological polar surface area (TPSA) is 119 Å². The first-order valence-corrected chi connectivity index (χ1v) is 11.7. The molecule has 10 heteroatoms. The Morgan fingerprint density at radius 2 is 1.62 bits per heavy atom. The standard InChI is InChI=1S/C27H20BrN3O6/c1-35-22-11-6-17(7-12-22)25(32)30-21-9-4-18(5-10-21)26(33)31-29-16-19-15-20(28)8-13-23(19)37-27(34)24-3-2-14-36-24/h2-16H,1H3,(H,30,32)(H,31,33)/b29-16-. The molecule has 0 radical (unpaired) electrons. The van der Waals surface area contributed by atoms with Crippen LogP contribution in [-0.2, 0) is 0 Å². The number of methoxy groups -OCH3 is 1. The van der Waals surface area contributed by atoms with Gasteiger partial charge in [-0.1, -0.05) is 15.9 Å². The van der Waals surface area contributed by atoms with Crippen molar-refractivity contribution >= 4 is 45.6 Å². The van der Waals surface area contributed by atoms with Crippen molar-refractivity contribution in [2.24, 2.45) is 5.10 Å². The number of halogens is 1. The summed E-state index contributed by atoms with van der Waals surface area (Å²) < 4.78 is 16.2. The number of nitrogens with zero attached hydrogens (tertiary/aromatic N) is 1. The quantitative estimate of drug-likeness (QED) is 0.131. The summed E-state index contributed by atoms with van der Waals surface area (Å²) in [5.74, 6) is -0.469. The molecule has 1 aromatic heterocycles. The molecule has 1 heterocycles. The second-order valence-electron chi connectivity index (χ2n) is 7.51. The van der Waals surface area contributed by atoms with Crippen LogP contribution in [0.1, 0.15) is 36.8 Å². The molecule has 0 atom stereocenters. The molecule has 37 heavy (non-hydrogen) atoms. The fraction of sp³-hybridized carbons (Fsp3) is 0.0370. The molecular weight excluding hydrogens is 542 g/mol. The Bertz CT molecular complexity index is 1430. The molecule has 3 aromatic carbocycles. The second kappa shape index (κ2) is 11.8. The van der Waals surface area contributed by atoms with Crippen LogP contribution in [0.4, 0.5) is 5.69 Å². The van der Waals surface area contributed by atoms with Crippen molar-refractivity contribution in [1.29, 1.82) is 0 Å². The van der Waals surface area contributed by atoms with E-state index in [4.69, 9.17) is 13.9 Å². The Labute approximate surface area is 220 Å². The van der Waals surface area contributed by atoms with E-state index < -0.39 is 11.9 Å². The van der Waals surface area contributed by atoms with Gasteiger partial charge in [0.1, 0.15) is 11.5 Å². The predicted octanol–water partition coefficient (Wildman–Crippen LogP) is 5.29. The minimum atomic E-state index is -0.662. The zero-order chi connectivity index (χ0) is 26.2. The minimum absolute atomic E-state index is 0.0581. The van der Waals surface area contributed by atoms with Crippen molar-refractivity contribution in [3.05, 3.63) is 112 Å². The molecule has 2 N–H and O–H groups in total. The SMILES string of the molecule is COc1ccc(C(=O)Nc2ccc(C(=O)N/N=C\c3cc(Br)ccc3OC(=O)c3ccco3)cc2)cc1. The highest BCUT2D eigenvalue weighted by atomic mass is 79.9. The van der Waals surface area contributed by atoms with E-state index in [0.717, 1.165) is 4.47 Å². The lowest BCUT2D eigenvalue weighted by Crippen LogP contribution is -2.18. The van der Waals surface area contributed by atoms with Crippen molar-refractivity contribution in [2.45, 2.75) is 0 Å². The number of rotatable bonds is 8. The largest absolute Gasteiger partial charge is 0.497 e. The maximum Gasteiger partial charge on any atom is 0.379 e. The molecule has 0 aliphatic carbocycles. The fourth-order valence-electron chi connectivity index (χ4n) is 3.13. The number of hydrazone groups is 1. The van der Waals surface area contributed by atoms with Crippen LogP contribution in [0.5, 0.6) is 11.5 Å². The fourth-order valence-corrected chi connectivity index (χ4v) is 3.51. The number of anilines is 1. The highest BCUT2D eigenvalue weighted by Crippen LogP contribution is 2.23. The van der Waals surface area contributed by atoms with Crippen LogP contribution in [0.3, 0.4) is 0 Å². The summed E-state index contributed by atoms with van der Waals surface area (Å²) >= 11 is 3.36. The molecule has 9 nitrogen and oxygen atoms in total. The van der Waals surface area contributed by atoms with Crippen LogP contribution >= 0.6 is 15.9 Å². The normalized spacial score (nSPS) is 10.6. The molecule has 0 bridgehead atoms. The monoisotopic (exact) mass is 561 g/mol. The van der Waals surface area contributed by atoms with E-state index in [-0.39, 0.29) is 17.4 Å². The summed E-state index contributed by atoms with van der Waals surface area (Å²) in [6.07, 6.45) is 2.73. The summed E-state index contributed by atoms with van der Waals surface area (Å²) in [5.41, 5.74) is 4.21. The molecule has 0 saturated heterocycles. The lowest BCUT2D eigenvalue weighted by molar-refractivity contribution is 0.0700. The van der Waals surface area contributed by atoms with Crippen LogP contribution < -0.4 is 20.2 Å². The number of hydrogen-bond acceptors (Lipinski definition) is 7. The Balaban J connectivity index is 1.36. The number of furan rings is 1. The van der Waals surface area contributed by atoms with Gasteiger partial charge >= 0.3 is 5.97 Å². The maximum absolute atomic E-state index is 12.5. The molecule has 186 valence electrons. The van der Waals surface area contributed by atoms with Gasteiger partial charge in [0.15, 0.2) is 0 Å². The first-order chi connectivity index (χ1) is 17.9.